The molecule has 0 spiro atoms. The summed E-state index contributed by atoms with van der Waals surface area (Å²) in [6.07, 6.45) is -0.287. The van der Waals surface area contributed by atoms with Crippen LogP contribution in [0.1, 0.15) is 13.8 Å². The Hall–Kier alpha value is -0.770. The van der Waals surface area contributed by atoms with Crippen LogP contribution in [0.25, 0.3) is 0 Å². The van der Waals surface area contributed by atoms with Crippen LogP contribution < -0.4 is 5.73 Å². The molecule has 4 nitrogen and oxygen atoms in total. The first-order chi connectivity index (χ1) is 4.04. The maximum absolute atomic E-state index is 10.3. The highest BCUT2D eigenvalue weighted by Crippen LogP contribution is 1.86. The first kappa shape index (κ1) is 12.0. The Balaban J connectivity index is 0. The van der Waals surface area contributed by atoms with Gasteiger partial charge in [0.1, 0.15) is 0 Å². The molecule has 0 saturated carbocycles. The molecule has 0 aromatic heterocycles. The lowest BCUT2D eigenvalue weighted by Crippen LogP contribution is -2.27. The zero-order valence-electron chi connectivity index (χ0n) is 5.79. The zero-order chi connectivity index (χ0) is 7.44. The highest BCUT2D eigenvalue weighted by Gasteiger charge is 2.10. The molecular formula is C5H10ClNO3. The summed E-state index contributed by atoms with van der Waals surface area (Å²) in [5, 5.41) is 0. The van der Waals surface area contributed by atoms with Crippen LogP contribution in [-0.2, 0) is 14.3 Å². The Morgan fingerprint density at radius 1 is 1.40 bits per heavy atom. The van der Waals surface area contributed by atoms with E-state index in [1.807, 2.05) is 0 Å². The second kappa shape index (κ2) is 5.05. The van der Waals surface area contributed by atoms with Crippen molar-refractivity contribution < 1.29 is 14.3 Å². The van der Waals surface area contributed by atoms with Crippen LogP contribution in [0.4, 0.5) is 0 Å². The quantitative estimate of drug-likeness (QED) is 0.436. The number of carbonyl (C=O) groups excluding carboxylic acids is 2. The third-order valence-electron chi connectivity index (χ3n) is 0.544. The SMILES string of the molecule is CC(C)OC(=O)C(N)=O.Cl. The number of primary amides is 1. The van der Waals surface area contributed by atoms with Crippen molar-refractivity contribution in [3.63, 3.8) is 0 Å². The molecular weight excluding hydrogens is 158 g/mol. The summed E-state index contributed by atoms with van der Waals surface area (Å²) in [4.78, 5) is 20.2. The zero-order valence-corrected chi connectivity index (χ0v) is 6.60. The fourth-order valence-electron chi connectivity index (χ4n) is 0.272. The molecule has 0 fully saturated rings. The van der Waals surface area contributed by atoms with Crippen molar-refractivity contribution in [3.8, 4) is 0 Å². The molecule has 0 aromatic carbocycles. The number of nitrogens with two attached hydrogens (primary N) is 1. The predicted molar refractivity (Wildman–Crippen MR) is 37.7 cm³/mol. The standard InChI is InChI=1S/C5H9NO3.ClH/c1-3(2)9-5(8)4(6)7;/h3H,1-2H3,(H2,6,7);1H. The molecule has 0 heterocycles. The highest BCUT2D eigenvalue weighted by atomic mass is 35.5. The minimum atomic E-state index is -1.05. The highest BCUT2D eigenvalue weighted by molar-refractivity contribution is 6.31. The molecule has 0 aliphatic rings. The maximum atomic E-state index is 10.3. The predicted octanol–water partition coefficient (Wildman–Crippen LogP) is -0.155. The van der Waals surface area contributed by atoms with E-state index in [-0.39, 0.29) is 18.5 Å². The number of hydrogen-bond donors (Lipinski definition) is 1. The van der Waals surface area contributed by atoms with E-state index >= 15 is 0 Å². The molecule has 0 unspecified atom stereocenters. The van der Waals surface area contributed by atoms with Crippen molar-refractivity contribution >= 4 is 24.3 Å². The number of amides is 1. The van der Waals surface area contributed by atoms with Gasteiger partial charge in [0.2, 0.25) is 0 Å². The average molecular weight is 168 g/mol. The van der Waals surface area contributed by atoms with Crippen molar-refractivity contribution in [2.45, 2.75) is 20.0 Å². The van der Waals surface area contributed by atoms with Crippen LogP contribution in [0.5, 0.6) is 0 Å². The summed E-state index contributed by atoms with van der Waals surface area (Å²) in [5.74, 6) is -2.03. The number of halogens is 1. The summed E-state index contributed by atoms with van der Waals surface area (Å²) in [7, 11) is 0. The van der Waals surface area contributed by atoms with Gasteiger partial charge in [-0.15, -0.1) is 12.4 Å². The molecule has 0 saturated heterocycles. The van der Waals surface area contributed by atoms with E-state index in [0.29, 0.717) is 0 Å². The van der Waals surface area contributed by atoms with Crippen molar-refractivity contribution in [2.24, 2.45) is 5.73 Å². The van der Waals surface area contributed by atoms with Crippen molar-refractivity contribution in [1.82, 2.24) is 0 Å². The lowest BCUT2D eigenvalue weighted by Gasteiger charge is -2.03. The molecule has 0 bridgehead atoms. The average Bonchev–Trinajstić information content (AvgIpc) is 1.63. The maximum Gasteiger partial charge on any atom is 0.396 e. The second-order valence-electron chi connectivity index (χ2n) is 1.82. The van der Waals surface area contributed by atoms with Crippen LogP contribution in [0.15, 0.2) is 0 Å². The number of esters is 1. The monoisotopic (exact) mass is 167 g/mol. The Labute approximate surface area is 65.1 Å². The molecule has 0 aliphatic heterocycles. The fraction of sp³-hybridized carbons (Fsp3) is 0.600. The summed E-state index contributed by atoms with van der Waals surface area (Å²) in [6, 6.07) is 0. The van der Waals surface area contributed by atoms with Gasteiger partial charge in [-0.2, -0.15) is 0 Å². The molecule has 10 heavy (non-hydrogen) atoms. The number of carbonyl (C=O) groups is 2. The molecule has 0 rings (SSSR count). The van der Waals surface area contributed by atoms with Crippen molar-refractivity contribution in [1.29, 1.82) is 0 Å². The molecule has 0 aromatic rings. The largest absolute Gasteiger partial charge is 0.456 e. The van der Waals surface area contributed by atoms with Gasteiger partial charge in [-0.05, 0) is 13.8 Å². The van der Waals surface area contributed by atoms with E-state index in [1.165, 1.54) is 0 Å². The van der Waals surface area contributed by atoms with E-state index in [1.54, 1.807) is 13.8 Å². The van der Waals surface area contributed by atoms with E-state index in [0.717, 1.165) is 0 Å². The second-order valence-corrected chi connectivity index (χ2v) is 1.82. The molecule has 0 aliphatic carbocycles. The van der Waals surface area contributed by atoms with Crippen LogP contribution in [0.2, 0.25) is 0 Å². The van der Waals surface area contributed by atoms with Gasteiger partial charge in [0.05, 0.1) is 6.10 Å². The van der Waals surface area contributed by atoms with Gasteiger partial charge in [0.25, 0.3) is 0 Å². The van der Waals surface area contributed by atoms with E-state index in [9.17, 15) is 9.59 Å². The minimum Gasteiger partial charge on any atom is -0.456 e. The summed E-state index contributed by atoms with van der Waals surface area (Å²) < 4.78 is 4.40. The minimum absolute atomic E-state index is 0. The third-order valence-corrected chi connectivity index (χ3v) is 0.544. The van der Waals surface area contributed by atoms with Gasteiger partial charge < -0.3 is 10.5 Å². The van der Waals surface area contributed by atoms with Gasteiger partial charge in [-0.3, -0.25) is 4.79 Å². The normalized spacial score (nSPS) is 8.30. The lowest BCUT2D eigenvalue weighted by atomic mass is 10.5. The first-order valence-electron chi connectivity index (χ1n) is 2.54. The van der Waals surface area contributed by atoms with E-state index < -0.39 is 11.9 Å². The Morgan fingerprint density at radius 2 is 1.80 bits per heavy atom. The fourth-order valence-corrected chi connectivity index (χ4v) is 0.272. The Kier molecular flexibility index (Phi) is 6.04. The molecule has 1 amide bonds. The first-order valence-corrected chi connectivity index (χ1v) is 2.54. The molecule has 5 heteroatoms. The summed E-state index contributed by atoms with van der Waals surface area (Å²) in [5.41, 5.74) is 4.57. The molecule has 0 radical (unpaired) electrons. The van der Waals surface area contributed by atoms with Crippen LogP contribution in [0, 0.1) is 0 Å². The Morgan fingerprint density at radius 3 is 1.90 bits per heavy atom. The third kappa shape index (κ3) is 5.37. The smallest absolute Gasteiger partial charge is 0.396 e. The van der Waals surface area contributed by atoms with Gasteiger partial charge in [0.15, 0.2) is 0 Å². The van der Waals surface area contributed by atoms with E-state index in [2.05, 4.69) is 10.5 Å². The lowest BCUT2D eigenvalue weighted by molar-refractivity contribution is -0.156. The van der Waals surface area contributed by atoms with Crippen molar-refractivity contribution in [2.75, 3.05) is 0 Å². The summed E-state index contributed by atoms with van der Waals surface area (Å²) in [6.45, 7) is 3.28. The topological polar surface area (TPSA) is 69.4 Å². The molecule has 60 valence electrons. The van der Waals surface area contributed by atoms with Crippen LogP contribution >= 0.6 is 12.4 Å². The van der Waals surface area contributed by atoms with Crippen LogP contribution in [0.3, 0.4) is 0 Å². The summed E-state index contributed by atoms with van der Waals surface area (Å²) >= 11 is 0. The molecule has 2 N–H and O–H groups in total. The number of rotatable bonds is 1. The van der Waals surface area contributed by atoms with Crippen molar-refractivity contribution in [3.05, 3.63) is 0 Å². The van der Waals surface area contributed by atoms with E-state index in [4.69, 9.17) is 0 Å². The van der Waals surface area contributed by atoms with Gasteiger partial charge >= 0.3 is 11.9 Å². The van der Waals surface area contributed by atoms with Gasteiger partial charge in [-0.25, -0.2) is 4.79 Å². The number of ether oxygens (including phenoxy) is 1. The van der Waals surface area contributed by atoms with Gasteiger partial charge in [0, 0.05) is 0 Å². The number of hydrogen-bond acceptors (Lipinski definition) is 3. The molecule has 0 atom stereocenters. The Bertz CT molecular complexity index is 135. The van der Waals surface area contributed by atoms with Gasteiger partial charge in [-0.1, -0.05) is 0 Å². The van der Waals surface area contributed by atoms with Crippen LogP contribution in [-0.4, -0.2) is 18.0 Å².